The summed E-state index contributed by atoms with van der Waals surface area (Å²) in [6.45, 7) is 8.70. The van der Waals surface area contributed by atoms with Gasteiger partial charge in [-0.2, -0.15) is 18.2 Å². The first-order chi connectivity index (χ1) is 30.2. The maximum Gasteiger partial charge on any atom is 0.390 e. The number of rotatable bonds is 16. The van der Waals surface area contributed by atoms with Crippen LogP contribution in [0.3, 0.4) is 0 Å². The lowest BCUT2D eigenvalue weighted by Gasteiger charge is -2.34. The molecule has 0 bridgehead atoms. The molecule has 2 saturated heterocycles. The summed E-state index contributed by atoms with van der Waals surface area (Å²) in [5, 5.41) is 16.5. The summed E-state index contributed by atoms with van der Waals surface area (Å²) in [5.41, 5.74) is 5.48. The van der Waals surface area contributed by atoms with Crippen LogP contribution in [0.4, 0.5) is 19.1 Å². The van der Waals surface area contributed by atoms with Gasteiger partial charge in [0.15, 0.2) is 0 Å². The highest BCUT2D eigenvalue weighted by atomic mass is 19.4. The number of aryl methyl sites for hydroxylation is 2. The minimum atomic E-state index is -4.27. The van der Waals surface area contributed by atoms with Crippen molar-refractivity contribution >= 4 is 39.8 Å². The molecule has 63 heavy (non-hydrogen) atoms. The number of carbonyl (C=O) groups is 2. The van der Waals surface area contributed by atoms with Crippen LogP contribution in [-0.2, 0) is 34.3 Å². The van der Waals surface area contributed by atoms with Gasteiger partial charge in [-0.15, -0.1) is 0 Å². The van der Waals surface area contributed by atoms with E-state index in [1.165, 1.54) is 10.1 Å². The Labute approximate surface area is 364 Å². The van der Waals surface area contributed by atoms with E-state index in [1.807, 2.05) is 25.1 Å². The number of halogens is 3. The second-order valence-electron chi connectivity index (χ2n) is 17.8. The molecule has 1 aliphatic carbocycles. The molecule has 3 aliphatic rings. The van der Waals surface area contributed by atoms with Gasteiger partial charge >= 0.3 is 11.9 Å². The van der Waals surface area contributed by atoms with Crippen molar-refractivity contribution in [2.24, 2.45) is 7.05 Å². The molecule has 2 amide bonds. The lowest BCUT2D eigenvalue weighted by atomic mass is 9.83. The number of ether oxygens (including phenoxy) is 1. The number of hydrogen-bond acceptors (Lipinski definition) is 10. The van der Waals surface area contributed by atoms with Gasteiger partial charge in [0.2, 0.25) is 17.8 Å². The summed E-state index contributed by atoms with van der Waals surface area (Å²) in [7, 11) is 1.71. The van der Waals surface area contributed by atoms with Crippen LogP contribution < -0.4 is 16.3 Å². The highest BCUT2D eigenvalue weighted by Gasteiger charge is 2.33. The Hall–Kier alpha value is -5.10. The second-order valence-corrected chi connectivity index (χ2v) is 17.8. The van der Waals surface area contributed by atoms with Crippen LogP contribution in [0, 0.1) is 0 Å². The van der Waals surface area contributed by atoms with Crippen molar-refractivity contribution in [2.75, 3.05) is 57.8 Å². The lowest BCUT2D eigenvalue weighted by Crippen LogP contribution is -2.46. The molecule has 17 heteroatoms. The molecule has 2 aliphatic heterocycles. The SMILES string of the molecule is Cn1c(=O)n([C@H]2CCC(=O)NC2=O)c2ccc(CCCOCCCN3CCN(Cc4ccc(-c5cn([C@H]6CC[C@@](C)(O)CC6)c6nc(NCCC(F)(F)F)ncc56)cc4)CC3)cc21. The molecule has 1 atom stereocenters. The van der Waals surface area contributed by atoms with Crippen LogP contribution in [0.1, 0.15) is 87.9 Å². The number of piperazine rings is 1. The number of carbonyl (C=O) groups excluding carboxylic acids is 2. The quantitative estimate of drug-likeness (QED) is 0.0782. The summed E-state index contributed by atoms with van der Waals surface area (Å²) in [5.74, 6) is -0.574. The van der Waals surface area contributed by atoms with Crippen molar-refractivity contribution in [3.8, 4) is 11.1 Å². The van der Waals surface area contributed by atoms with E-state index >= 15 is 0 Å². The van der Waals surface area contributed by atoms with Crippen molar-refractivity contribution in [1.29, 1.82) is 0 Å². The Kier molecular flexibility index (Phi) is 13.4. The topological polar surface area (TPSA) is 152 Å². The zero-order valence-corrected chi connectivity index (χ0v) is 36.1. The largest absolute Gasteiger partial charge is 0.390 e. The molecule has 2 aromatic carbocycles. The maximum absolute atomic E-state index is 13.1. The lowest BCUT2D eigenvalue weighted by molar-refractivity contribution is -0.136. The van der Waals surface area contributed by atoms with E-state index in [2.05, 4.69) is 60.4 Å². The molecular formula is C46H58F3N9O5. The van der Waals surface area contributed by atoms with E-state index in [0.29, 0.717) is 43.6 Å². The number of aromatic nitrogens is 5. The summed E-state index contributed by atoms with van der Waals surface area (Å²) >= 11 is 0. The number of anilines is 1. The average molecular weight is 874 g/mol. The van der Waals surface area contributed by atoms with Crippen molar-refractivity contribution in [3.63, 3.8) is 0 Å². The first kappa shape index (κ1) is 44.5. The molecule has 14 nitrogen and oxygen atoms in total. The third-order valence-electron chi connectivity index (χ3n) is 13.0. The monoisotopic (exact) mass is 873 g/mol. The number of nitrogens with one attached hydrogen (secondary N) is 2. The molecule has 0 spiro atoms. The van der Waals surface area contributed by atoms with Gasteiger partial charge in [0.05, 0.1) is 23.1 Å². The number of nitrogens with zero attached hydrogens (tertiary/aromatic N) is 7. The fourth-order valence-electron chi connectivity index (χ4n) is 9.33. The number of imidazole rings is 1. The number of alkyl halides is 3. The number of benzene rings is 2. The Balaban J connectivity index is 0.776. The van der Waals surface area contributed by atoms with E-state index in [-0.39, 0.29) is 36.6 Å². The van der Waals surface area contributed by atoms with E-state index < -0.39 is 30.1 Å². The number of imide groups is 1. The number of aliphatic hydroxyl groups is 1. The van der Waals surface area contributed by atoms with Crippen LogP contribution >= 0.6 is 0 Å². The number of fused-ring (bicyclic) bond motifs is 2. The van der Waals surface area contributed by atoms with E-state index in [4.69, 9.17) is 9.72 Å². The van der Waals surface area contributed by atoms with Crippen LogP contribution in [0.5, 0.6) is 0 Å². The van der Waals surface area contributed by atoms with Crippen molar-refractivity contribution < 1.29 is 32.6 Å². The summed E-state index contributed by atoms with van der Waals surface area (Å²) in [4.78, 5) is 51.3. The Morgan fingerprint density at radius 1 is 0.937 bits per heavy atom. The van der Waals surface area contributed by atoms with Gasteiger partial charge in [-0.05, 0) is 87.1 Å². The smallest absolute Gasteiger partial charge is 0.390 e. The zero-order valence-electron chi connectivity index (χ0n) is 36.1. The predicted octanol–water partition coefficient (Wildman–Crippen LogP) is 6.12. The number of hydrogen-bond donors (Lipinski definition) is 3. The molecule has 3 aromatic heterocycles. The molecular weight excluding hydrogens is 816 g/mol. The average Bonchev–Trinajstić information content (AvgIpc) is 3.74. The van der Waals surface area contributed by atoms with E-state index in [0.717, 1.165) is 99.0 Å². The van der Waals surface area contributed by atoms with E-state index in [9.17, 15) is 32.7 Å². The highest BCUT2D eigenvalue weighted by Crippen LogP contribution is 2.39. The van der Waals surface area contributed by atoms with Gasteiger partial charge in [0, 0.05) is 102 Å². The minimum Gasteiger partial charge on any atom is -0.390 e. The predicted molar refractivity (Wildman–Crippen MR) is 234 cm³/mol. The highest BCUT2D eigenvalue weighted by molar-refractivity contribution is 6.00. The minimum absolute atomic E-state index is 0.111. The number of amides is 2. The fraction of sp³-hybridized carbons (Fsp3) is 0.543. The van der Waals surface area contributed by atoms with Crippen LogP contribution in [0.15, 0.2) is 59.7 Å². The van der Waals surface area contributed by atoms with Crippen molar-refractivity contribution in [1.82, 2.24) is 38.8 Å². The third-order valence-corrected chi connectivity index (χ3v) is 13.0. The summed E-state index contributed by atoms with van der Waals surface area (Å²) < 4.78 is 49.6. The second kappa shape index (κ2) is 18.9. The first-order valence-electron chi connectivity index (χ1n) is 22.3. The van der Waals surface area contributed by atoms with Crippen LogP contribution in [0.2, 0.25) is 0 Å². The summed E-state index contributed by atoms with van der Waals surface area (Å²) in [6.07, 6.45) is 4.56. The normalized spacial score (nSPS) is 21.7. The third kappa shape index (κ3) is 10.6. The Morgan fingerprint density at radius 2 is 1.65 bits per heavy atom. The summed E-state index contributed by atoms with van der Waals surface area (Å²) in [6, 6.07) is 13.9. The van der Waals surface area contributed by atoms with E-state index in [1.54, 1.807) is 17.8 Å². The van der Waals surface area contributed by atoms with Crippen LogP contribution in [-0.4, -0.2) is 115 Å². The molecule has 5 aromatic rings. The molecule has 8 rings (SSSR count). The maximum atomic E-state index is 13.1. The van der Waals surface area contributed by atoms with Gasteiger partial charge in [-0.1, -0.05) is 30.3 Å². The molecule has 0 radical (unpaired) electrons. The zero-order chi connectivity index (χ0) is 44.3. The first-order valence-corrected chi connectivity index (χ1v) is 22.3. The van der Waals surface area contributed by atoms with Gasteiger partial charge in [-0.3, -0.25) is 28.9 Å². The Morgan fingerprint density at radius 3 is 2.38 bits per heavy atom. The number of piperidine rings is 1. The molecule has 3 fully saturated rings. The van der Waals surface area contributed by atoms with Crippen molar-refractivity contribution in [3.05, 3.63) is 76.5 Å². The fourth-order valence-corrected chi connectivity index (χ4v) is 9.33. The van der Waals surface area contributed by atoms with Gasteiger partial charge in [0.25, 0.3) is 0 Å². The molecule has 5 heterocycles. The molecule has 0 unspecified atom stereocenters. The van der Waals surface area contributed by atoms with Gasteiger partial charge in [0.1, 0.15) is 11.7 Å². The molecule has 338 valence electrons. The van der Waals surface area contributed by atoms with Gasteiger partial charge in [-0.25, -0.2) is 9.78 Å². The van der Waals surface area contributed by atoms with Crippen LogP contribution in [0.25, 0.3) is 33.2 Å². The standard InChI is InChI=1S/C46H58F3N9O5/c1-45(62)16-14-34(15-17-45)57-30-36(35-28-51-43(53-41(35)57)50-19-18-46(47,48)49)33-9-6-32(7-10-33)29-56-23-21-55(22-24-56)20-4-26-63-25-3-5-31-8-11-37-39(27-31)54(2)44(61)58(37)38-12-13-40(59)52-42(38)60/h6-11,27-28,30,34,38,62H,3-5,12-26,29H2,1-2H3,(H,50,51,53)(H,52,59,60)/t34-,38-,45+/m0/s1. The van der Waals surface area contributed by atoms with Crippen molar-refractivity contribution in [2.45, 2.75) is 102 Å². The molecule has 3 N–H and O–H groups in total. The van der Waals surface area contributed by atoms with Gasteiger partial charge < -0.3 is 24.6 Å². The Bertz CT molecular complexity index is 2460. The molecule has 1 saturated carbocycles.